The molecule has 6 aromatic rings. The van der Waals surface area contributed by atoms with Gasteiger partial charge in [-0.25, -0.2) is 21.0 Å². The molecule has 346 valence electrons. The summed E-state index contributed by atoms with van der Waals surface area (Å²) in [6, 6.07) is 19.3. The quantitative estimate of drug-likeness (QED) is 0.0268. The van der Waals surface area contributed by atoms with Crippen LogP contribution >= 0.6 is 0 Å². The fourth-order valence-corrected chi connectivity index (χ4v) is 10.6. The summed E-state index contributed by atoms with van der Waals surface area (Å²) in [7, 11) is -6.79. The van der Waals surface area contributed by atoms with Crippen LogP contribution in [0.2, 0.25) is 0 Å². The van der Waals surface area contributed by atoms with Crippen LogP contribution in [0.5, 0.6) is 5.75 Å². The van der Waals surface area contributed by atoms with Gasteiger partial charge in [0, 0.05) is 94.9 Å². The molecule has 0 saturated carbocycles. The van der Waals surface area contributed by atoms with Crippen LogP contribution in [0.25, 0.3) is 32.3 Å². The minimum absolute atomic E-state index is 0.0563. The molecule has 66 heavy (non-hydrogen) atoms. The number of sulfonamides is 2. The third kappa shape index (κ3) is 9.86. The van der Waals surface area contributed by atoms with Crippen LogP contribution in [0.3, 0.4) is 0 Å². The Kier molecular flexibility index (Phi) is 14.5. The van der Waals surface area contributed by atoms with Crippen LogP contribution in [0.1, 0.15) is 47.4 Å². The van der Waals surface area contributed by atoms with Gasteiger partial charge in [0.1, 0.15) is 5.75 Å². The third-order valence-corrected chi connectivity index (χ3v) is 15.2. The lowest BCUT2D eigenvalue weighted by Gasteiger charge is -2.25. The minimum atomic E-state index is -4.66. The summed E-state index contributed by atoms with van der Waals surface area (Å²) in [6.07, 6.45) is 0.893. The molecule has 0 spiro atoms. The van der Waals surface area contributed by atoms with Crippen molar-refractivity contribution in [1.82, 2.24) is 21.3 Å². The first kappa shape index (κ1) is 48.6. The molecular formula is C46H48N6O11S3. The number of phenols is 1. The van der Waals surface area contributed by atoms with E-state index in [1.807, 2.05) is 0 Å². The summed E-state index contributed by atoms with van der Waals surface area (Å²) in [5, 5.41) is 22.6. The zero-order valence-electron chi connectivity index (χ0n) is 36.4. The molecule has 0 aliphatic carbocycles. The average molecular weight is 957 g/mol. The Labute approximate surface area is 384 Å². The van der Waals surface area contributed by atoms with Crippen LogP contribution in [0.15, 0.2) is 124 Å². The molecule has 0 saturated heterocycles. The van der Waals surface area contributed by atoms with Gasteiger partial charge in [-0.15, -0.1) is 0 Å². The maximum atomic E-state index is 14.8. The molecule has 20 heteroatoms. The summed E-state index contributed by atoms with van der Waals surface area (Å²) in [5.74, 6) is -1.85. The molecule has 0 radical (unpaired) electrons. The predicted molar refractivity (Wildman–Crippen MR) is 254 cm³/mol. The van der Waals surface area contributed by atoms with E-state index < -0.39 is 58.5 Å². The van der Waals surface area contributed by atoms with E-state index in [4.69, 9.17) is 0 Å². The number of phenolic OH excluding ortho intramolecular Hbond substituents is 1. The number of rotatable bonds is 19. The fraction of sp³-hybridized carbons (Fsp3) is 0.217. The molecule has 1 unspecified atom stereocenters. The van der Waals surface area contributed by atoms with Gasteiger partial charge in [-0.2, -0.15) is 0 Å². The van der Waals surface area contributed by atoms with Crippen molar-refractivity contribution in [3.63, 3.8) is 0 Å². The van der Waals surface area contributed by atoms with E-state index >= 15 is 0 Å². The van der Waals surface area contributed by atoms with E-state index in [0.29, 0.717) is 37.1 Å². The van der Waals surface area contributed by atoms with Gasteiger partial charge in [-0.05, 0) is 93.4 Å². The van der Waals surface area contributed by atoms with Crippen LogP contribution < -0.4 is 29.9 Å². The van der Waals surface area contributed by atoms with Gasteiger partial charge in [0.05, 0.1) is 26.1 Å². The number of carbonyl (C=O) groups excluding carboxylic acids is 4. The van der Waals surface area contributed by atoms with Crippen LogP contribution in [0, 0.1) is 0 Å². The van der Waals surface area contributed by atoms with Crippen molar-refractivity contribution in [1.29, 1.82) is 0 Å². The number of hydrogen-bond donors (Lipinski definition) is 6. The van der Waals surface area contributed by atoms with Gasteiger partial charge in [0.2, 0.25) is 11.8 Å². The predicted octanol–water partition coefficient (Wildman–Crippen LogP) is 5.14. The SMILES string of the molecule is C=C(C)C(=O)NCCCNC(=O)c1ccc(N(C)S(=O)(=O)c2cc(S(=O)(=O)N(C)c3ccc(C(=O)NCCCNC(=O)C(=C)C)cc3)c3ccc4c(S(=O)O)cc(O)c5ccc2c3c54)cc1. The minimum Gasteiger partial charge on any atom is -0.507 e. The van der Waals surface area contributed by atoms with Gasteiger partial charge in [-0.1, -0.05) is 31.4 Å². The molecule has 6 aromatic carbocycles. The van der Waals surface area contributed by atoms with Crippen LogP contribution in [-0.2, 0) is 40.7 Å². The number of nitrogens with one attached hydrogen (secondary N) is 4. The number of anilines is 2. The van der Waals surface area contributed by atoms with E-state index in [2.05, 4.69) is 34.4 Å². The van der Waals surface area contributed by atoms with Crippen molar-refractivity contribution in [2.75, 3.05) is 48.9 Å². The largest absolute Gasteiger partial charge is 0.507 e. The molecule has 0 aromatic heterocycles. The van der Waals surface area contributed by atoms with Crippen molar-refractivity contribution < 1.29 is 49.9 Å². The Morgan fingerprint density at radius 1 is 0.576 bits per heavy atom. The molecular weight excluding hydrogens is 909 g/mol. The number of nitrogens with zero attached hydrogens (tertiary/aromatic N) is 2. The van der Waals surface area contributed by atoms with E-state index in [-0.39, 0.29) is 84.6 Å². The summed E-state index contributed by atoms with van der Waals surface area (Å²) in [4.78, 5) is 48.1. The Morgan fingerprint density at radius 2 is 0.939 bits per heavy atom. The highest BCUT2D eigenvalue weighted by atomic mass is 32.2. The highest BCUT2D eigenvalue weighted by Gasteiger charge is 2.33. The number of aromatic hydroxyl groups is 1. The number of benzene rings is 6. The Bertz CT molecular complexity index is 3030. The molecule has 4 amide bonds. The zero-order chi connectivity index (χ0) is 48.2. The molecule has 0 aliphatic heterocycles. The lowest BCUT2D eigenvalue weighted by molar-refractivity contribution is -0.118. The first-order chi connectivity index (χ1) is 31.2. The van der Waals surface area contributed by atoms with Gasteiger partial charge >= 0.3 is 0 Å². The smallest absolute Gasteiger partial charge is 0.264 e. The summed E-state index contributed by atoms with van der Waals surface area (Å²) in [6.45, 7) is 11.4. The van der Waals surface area contributed by atoms with Crippen LogP contribution in [-0.4, -0.2) is 94.6 Å². The Morgan fingerprint density at radius 3 is 1.33 bits per heavy atom. The normalized spacial score (nSPS) is 12.1. The van der Waals surface area contributed by atoms with Gasteiger partial charge in [0.25, 0.3) is 31.9 Å². The summed E-state index contributed by atoms with van der Waals surface area (Å²) >= 11 is -2.61. The zero-order valence-corrected chi connectivity index (χ0v) is 38.9. The number of amides is 4. The van der Waals surface area contributed by atoms with Gasteiger partial charge in [-0.3, -0.25) is 27.8 Å². The lowest BCUT2D eigenvalue weighted by atomic mass is 9.94. The van der Waals surface area contributed by atoms with Crippen molar-refractivity contribution in [2.45, 2.75) is 41.4 Å². The second-order valence-corrected chi connectivity index (χ2v) is 20.2. The summed E-state index contributed by atoms with van der Waals surface area (Å²) in [5.41, 5.74) is 1.41. The molecule has 0 heterocycles. The summed E-state index contributed by atoms with van der Waals surface area (Å²) < 4.78 is 83.9. The van der Waals surface area contributed by atoms with Gasteiger partial charge < -0.3 is 30.9 Å². The number of hydrogen-bond acceptors (Lipinski definition) is 10. The molecule has 0 bridgehead atoms. The first-order valence-electron chi connectivity index (χ1n) is 20.4. The van der Waals surface area contributed by atoms with E-state index in [0.717, 1.165) is 20.7 Å². The second kappa shape index (κ2) is 19.7. The fourth-order valence-electron chi connectivity index (χ4n) is 7.16. The van der Waals surface area contributed by atoms with Crippen LogP contribution in [0.4, 0.5) is 11.4 Å². The standard InChI is InChI=1S/C46H48N6O11S3/c1-27(2)43(54)47-21-7-23-49-45(56)29-9-13-31(14-10-29)51(5)65(60,61)39-26-40(36-20-18-34-38(64(58)59)25-37(53)33-17-19-35(39)42(36)41(33)34)66(62,63)52(6)32-15-11-30(12-16-32)46(57)50-24-8-22-48-44(55)28(3)4/h9-20,25-26,53H,1,3,7-8,21-24H2,2,4-6H3,(H,47,54)(H,48,55)(H,49,56)(H,50,57)(H,58,59). The van der Waals surface area contributed by atoms with Crippen molar-refractivity contribution in [3.05, 3.63) is 120 Å². The molecule has 6 rings (SSSR count). The molecule has 0 aliphatic rings. The van der Waals surface area contributed by atoms with Gasteiger partial charge in [0.15, 0.2) is 11.1 Å². The molecule has 6 N–H and O–H groups in total. The molecule has 1 atom stereocenters. The van der Waals surface area contributed by atoms with E-state index in [1.165, 1.54) is 86.9 Å². The first-order valence-corrected chi connectivity index (χ1v) is 24.4. The Hall–Kier alpha value is -6.87. The topological polar surface area (TPSA) is 249 Å². The van der Waals surface area contributed by atoms with Crippen molar-refractivity contribution >= 4 is 98.4 Å². The van der Waals surface area contributed by atoms with E-state index in [9.17, 15) is 49.9 Å². The second-order valence-electron chi connectivity index (χ2n) is 15.4. The average Bonchev–Trinajstić information content (AvgIpc) is 3.29. The van der Waals surface area contributed by atoms with Crippen molar-refractivity contribution in [3.8, 4) is 5.75 Å². The monoisotopic (exact) mass is 956 g/mol. The third-order valence-electron chi connectivity index (χ3n) is 10.8. The number of carbonyl (C=O) groups is 4. The highest BCUT2D eigenvalue weighted by Crippen LogP contribution is 2.45. The highest BCUT2D eigenvalue weighted by molar-refractivity contribution is 7.94. The van der Waals surface area contributed by atoms with Crippen molar-refractivity contribution in [2.24, 2.45) is 0 Å². The maximum absolute atomic E-state index is 14.8. The molecule has 0 fully saturated rings. The lowest BCUT2D eigenvalue weighted by Crippen LogP contribution is -2.30. The molecule has 17 nitrogen and oxygen atoms in total. The van der Waals surface area contributed by atoms with E-state index in [1.54, 1.807) is 13.8 Å². The maximum Gasteiger partial charge on any atom is 0.264 e. The Balaban J connectivity index is 1.35.